The Morgan fingerprint density at radius 2 is 1.71 bits per heavy atom. The summed E-state index contributed by atoms with van der Waals surface area (Å²) in [7, 11) is 1.50. The van der Waals surface area contributed by atoms with Crippen molar-refractivity contribution in [1.82, 2.24) is 15.6 Å². The average Bonchev–Trinajstić information content (AvgIpc) is 3.30. The molecule has 6 N–H and O–H groups in total. The fraction of sp³-hybridized carbons (Fsp3) is 0.463. The zero-order valence-corrected chi connectivity index (χ0v) is 37.2. The van der Waals surface area contributed by atoms with E-state index in [0.29, 0.717) is 60.0 Å². The number of nitrogen functional groups attached to an aromatic ring is 1. The number of hydrogen-bond donors (Lipinski definition) is 5. The van der Waals surface area contributed by atoms with Crippen LogP contribution in [0.15, 0.2) is 97.2 Å². The van der Waals surface area contributed by atoms with Crippen LogP contribution in [-0.2, 0) is 41.7 Å². The van der Waals surface area contributed by atoms with Crippen molar-refractivity contribution in [3.05, 3.63) is 136 Å². The predicted octanol–water partition coefficient (Wildman–Crippen LogP) is 8.42. The number of pyridine rings is 1. The third-order valence-corrected chi connectivity index (χ3v) is 14.0. The minimum absolute atomic E-state index is 0.00596. The molecule has 2 aliphatic heterocycles. The van der Waals surface area contributed by atoms with E-state index in [9.17, 15) is 19.8 Å². The second-order valence-corrected chi connectivity index (χ2v) is 18.3. The summed E-state index contributed by atoms with van der Waals surface area (Å²) >= 11 is 0. The SMILES string of the molecule is COc1cc(C=CC(=O)CC(=O)CCCC(CCCO)CC2C3CCNCC3CC3C=CCNC32)c(Cc2cnc(N)cc2CCc2cccc(CCc3ccccc3)c2)cc1O. The van der Waals surface area contributed by atoms with Crippen LogP contribution in [0.4, 0.5) is 5.82 Å². The molecule has 0 radical (unpaired) electrons. The number of ketones is 2. The number of fused-ring (bicyclic) bond motifs is 2. The molecule has 1 aromatic heterocycles. The number of piperidine rings is 1. The van der Waals surface area contributed by atoms with Gasteiger partial charge in [0.1, 0.15) is 11.6 Å². The second-order valence-electron chi connectivity index (χ2n) is 18.3. The van der Waals surface area contributed by atoms with Crippen molar-refractivity contribution in [1.29, 1.82) is 0 Å². The maximum atomic E-state index is 13.3. The van der Waals surface area contributed by atoms with Gasteiger partial charge >= 0.3 is 0 Å². The van der Waals surface area contributed by atoms with Gasteiger partial charge in [-0.3, -0.25) is 9.59 Å². The largest absolute Gasteiger partial charge is 0.504 e. The summed E-state index contributed by atoms with van der Waals surface area (Å²) in [6, 6.07) is 25.2. The summed E-state index contributed by atoms with van der Waals surface area (Å²) in [4.78, 5) is 30.9. The number of ether oxygens (including phenoxy) is 1. The average molecular weight is 853 g/mol. The number of benzene rings is 3. The summed E-state index contributed by atoms with van der Waals surface area (Å²) in [5.41, 5.74) is 13.7. The van der Waals surface area contributed by atoms with Gasteiger partial charge in [0.25, 0.3) is 0 Å². The number of aromatic hydroxyl groups is 1. The van der Waals surface area contributed by atoms with Crippen LogP contribution < -0.4 is 21.1 Å². The lowest BCUT2D eigenvalue weighted by Crippen LogP contribution is -2.56. The molecule has 6 unspecified atom stereocenters. The molecule has 2 fully saturated rings. The van der Waals surface area contributed by atoms with Crippen LogP contribution in [0.3, 0.4) is 0 Å². The number of Topliss-reactive ketones (excluding diaryl/α,β-unsaturated/α-hetero) is 1. The molecule has 0 bridgehead atoms. The molecule has 334 valence electrons. The number of phenols is 1. The Kier molecular flexibility index (Phi) is 16.8. The third-order valence-electron chi connectivity index (χ3n) is 14.0. The van der Waals surface area contributed by atoms with Crippen molar-refractivity contribution in [2.75, 3.05) is 39.1 Å². The van der Waals surface area contributed by atoms with Crippen molar-refractivity contribution >= 4 is 23.5 Å². The molecule has 0 amide bonds. The van der Waals surface area contributed by atoms with E-state index in [0.717, 1.165) is 99.7 Å². The molecule has 3 aliphatic rings. The number of rotatable bonds is 22. The van der Waals surface area contributed by atoms with E-state index >= 15 is 0 Å². The molecule has 7 rings (SSSR count). The van der Waals surface area contributed by atoms with E-state index in [-0.39, 0.29) is 30.3 Å². The fourth-order valence-electron chi connectivity index (χ4n) is 10.8. The minimum Gasteiger partial charge on any atom is -0.504 e. The first-order valence-corrected chi connectivity index (χ1v) is 23.4. The van der Waals surface area contributed by atoms with E-state index in [2.05, 4.69) is 76.3 Å². The summed E-state index contributed by atoms with van der Waals surface area (Å²) in [5.74, 6) is 3.47. The normalized spacial score (nSPS) is 21.1. The Bertz CT molecular complexity index is 2190. The van der Waals surface area contributed by atoms with Gasteiger partial charge < -0.3 is 31.3 Å². The maximum absolute atomic E-state index is 13.3. The van der Waals surface area contributed by atoms with Gasteiger partial charge in [0, 0.05) is 31.8 Å². The van der Waals surface area contributed by atoms with E-state index in [4.69, 9.17) is 10.5 Å². The van der Waals surface area contributed by atoms with Crippen LogP contribution in [-0.4, -0.2) is 66.2 Å². The second kappa shape index (κ2) is 23.0. The highest BCUT2D eigenvalue weighted by atomic mass is 16.5. The van der Waals surface area contributed by atoms with Gasteiger partial charge in [-0.25, -0.2) is 4.98 Å². The zero-order chi connectivity index (χ0) is 44.0. The van der Waals surface area contributed by atoms with E-state index in [1.807, 2.05) is 12.1 Å². The summed E-state index contributed by atoms with van der Waals surface area (Å²) < 4.78 is 5.45. The monoisotopic (exact) mass is 853 g/mol. The molecular formula is C54H68N4O5. The lowest BCUT2D eigenvalue weighted by Gasteiger charge is -2.51. The van der Waals surface area contributed by atoms with Gasteiger partial charge in [0.2, 0.25) is 0 Å². The minimum atomic E-state index is -0.253. The Hall–Kier alpha value is -5.09. The number of anilines is 1. The molecule has 9 nitrogen and oxygen atoms in total. The van der Waals surface area contributed by atoms with E-state index in [1.165, 1.54) is 42.7 Å². The number of aromatic nitrogens is 1. The molecule has 1 saturated heterocycles. The van der Waals surface area contributed by atoms with Crippen molar-refractivity contribution in [2.45, 2.75) is 95.9 Å². The number of aliphatic hydroxyl groups excluding tert-OH is 1. The highest BCUT2D eigenvalue weighted by Gasteiger charge is 2.45. The van der Waals surface area contributed by atoms with Gasteiger partial charge in [0.15, 0.2) is 17.3 Å². The molecule has 9 heteroatoms. The Balaban J connectivity index is 0.955. The standard InChI is InChI=1S/C54H68N4O5/c1-63-52-32-41(44(31-51(52)62)30-45-36-58-53(55)33-42(45)20-19-40-12-5-11-39(27-40)18-17-37-9-3-2-4-10-37)21-22-48(61)34-47(60)16-6-13-38(14-8-26-59)28-50-49-23-25-56-35-46(49)29-43-15-7-24-57-54(43)50/h2-5,7,9-12,15,21-22,27,31-33,36,38,43,46,49-50,54,56-57,59,62H,6,8,13-14,16-20,23-26,28-30,34-35H2,1H3,(H2,55,58). The number of hydrogen-bond acceptors (Lipinski definition) is 9. The lowest BCUT2D eigenvalue weighted by molar-refractivity contribution is -0.124. The molecule has 0 spiro atoms. The zero-order valence-electron chi connectivity index (χ0n) is 37.2. The smallest absolute Gasteiger partial charge is 0.163 e. The first-order valence-electron chi connectivity index (χ1n) is 23.4. The van der Waals surface area contributed by atoms with Gasteiger partial charge in [0.05, 0.1) is 13.5 Å². The summed E-state index contributed by atoms with van der Waals surface area (Å²) in [6.45, 7) is 3.30. The number of carbonyl (C=O) groups excluding carboxylic acids is 2. The van der Waals surface area contributed by atoms with E-state index < -0.39 is 0 Å². The van der Waals surface area contributed by atoms with Crippen molar-refractivity contribution in [3.63, 3.8) is 0 Å². The molecule has 1 saturated carbocycles. The molecule has 3 heterocycles. The van der Waals surface area contributed by atoms with Crippen LogP contribution in [0.5, 0.6) is 11.5 Å². The van der Waals surface area contributed by atoms with Gasteiger partial charge in [-0.2, -0.15) is 0 Å². The number of nitrogens with one attached hydrogen (secondary N) is 2. The number of aryl methyl sites for hydroxylation is 4. The molecule has 1 aliphatic carbocycles. The first kappa shape index (κ1) is 45.9. The van der Waals surface area contributed by atoms with Crippen molar-refractivity contribution < 1.29 is 24.5 Å². The van der Waals surface area contributed by atoms with Gasteiger partial charge in [-0.05, 0) is 177 Å². The van der Waals surface area contributed by atoms with Crippen molar-refractivity contribution in [3.8, 4) is 11.5 Å². The Morgan fingerprint density at radius 1 is 0.937 bits per heavy atom. The Morgan fingerprint density at radius 3 is 2.52 bits per heavy atom. The van der Waals surface area contributed by atoms with Crippen LogP contribution in [0.1, 0.15) is 96.7 Å². The fourth-order valence-corrected chi connectivity index (χ4v) is 10.8. The highest BCUT2D eigenvalue weighted by molar-refractivity contribution is 6.06. The van der Waals surface area contributed by atoms with Crippen LogP contribution in [0.2, 0.25) is 0 Å². The quantitative estimate of drug-likeness (QED) is 0.0299. The molecule has 6 atom stereocenters. The maximum Gasteiger partial charge on any atom is 0.163 e. The first-order chi connectivity index (χ1) is 30.8. The molecule has 4 aromatic rings. The molecule has 63 heavy (non-hydrogen) atoms. The number of nitrogens with two attached hydrogens (primary N) is 1. The number of methoxy groups -OCH3 is 1. The van der Waals surface area contributed by atoms with Crippen LogP contribution >= 0.6 is 0 Å². The van der Waals surface area contributed by atoms with Crippen molar-refractivity contribution in [2.24, 2.45) is 29.6 Å². The number of carbonyl (C=O) groups is 2. The third kappa shape index (κ3) is 13.0. The summed E-state index contributed by atoms with van der Waals surface area (Å²) in [6.07, 6.45) is 20.9. The van der Waals surface area contributed by atoms with E-state index in [1.54, 1.807) is 24.4 Å². The Labute approximate surface area is 374 Å². The molecule has 3 aromatic carbocycles. The summed E-state index contributed by atoms with van der Waals surface area (Å²) in [5, 5.41) is 28.1. The number of allylic oxidation sites excluding steroid dienone is 1. The topological polar surface area (TPSA) is 147 Å². The van der Waals surface area contributed by atoms with Crippen LogP contribution in [0.25, 0.3) is 6.08 Å². The van der Waals surface area contributed by atoms with Gasteiger partial charge in [-0.15, -0.1) is 0 Å². The lowest BCUT2D eigenvalue weighted by atomic mass is 9.60. The predicted molar refractivity (Wildman–Crippen MR) is 253 cm³/mol. The number of phenolic OH excluding ortho intramolecular Hbond substituents is 1. The van der Waals surface area contributed by atoms with Gasteiger partial charge in [-0.1, -0.05) is 79.2 Å². The van der Waals surface area contributed by atoms with Crippen LogP contribution in [0, 0.1) is 29.6 Å². The highest BCUT2D eigenvalue weighted by Crippen LogP contribution is 2.46. The number of nitrogens with zero attached hydrogens (tertiary/aromatic N) is 1. The molecular weight excluding hydrogens is 785 g/mol. The number of aliphatic hydroxyl groups is 1.